The Balaban J connectivity index is 2.43. The van der Waals surface area contributed by atoms with E-state index in [2.05, 4.69) is 32.2 Å². The molecule has 0 aliphatic carbocycles. The highest BCUT2D eigenvalue weighted by molar-refractivity contribution is 5.26. The van der Waals surface area contributed by atoms with Gasteiger partial charge in [0, 0.05) is 0 Å². The lowest BCUT2D eigenvalue weighted by Crippen LogP contribution is -2.21. The Morgan fingerprint density at radius 1 is 1.18 bits per heavy atom. The fourth-order valence-electron chi connectivity index (χ4n) is 1.93. The van der Waals surface area contributed by atoms with Crippen molar-refractivity contribution in [1.29, 1.82) is 0 Å². The average molecular weight is 237 g/mol. The van der Waals surface area contributed by atoms with Gasteiger partial charge in [0.15, 0.2) is 0 Å². The SMILES string of the molecule is Cc1cc(F)cc(C(C)CCNCC(C)C)c1. The molecule has 1 rings (SSSR count). The number of aryl methyl sites for hydroxylation is 1. The maximum absolute atomic E-state index is 13.3. The Labute approximate surface area is 104 Å². The topological polar surface area (TPSA) is 12.0 Å². The second-order valence-electron chi connectivity index (χ2n) is 5.35. The average Bonchev–Trinajstić information content (AvgIpc) is 2.22. The molecule has 0 bridgehead atoms. The fraction of sp³-hybridized carbons (Fsp3) is 0.600. The molecule has 96 valence electrons. The van der Waals surface area contributed by atoms with Gasteiger partial charge in [-0.1, -0.05) is 26.8 Å². The number of benzene rings is 1. The molecular formula is C15H24FN. The second-order valence-corrected chi connectivity index (χ2v) is 5.35. The molecular weight excluding hydrogens is 213 g/mol. The molecule has 1 N–H and O–H groups in total. The van der Waals surface area contributed by atoms with Gasteiger partial charge >= 0.3 is 0 Å². The molecule has 2 heteroatoms. The Morgan fingerprint density at radius 2 is 1.88 bits per heavy atom. The number of rotatable bonds is 6. The van der Waals surface area contributed by atoms with Crippen LogP contribution >= 0.6 is 0 Å². The van der Waals surface area contributed by atoms with E-state index in [4.69, 9.17) is 0 Å². The first-order valence-electron chi connectivity index (χ1n) is 6.47. The van der Waals surface area contributed by atoms with Crippen molar-refractivity contribution in [3.8, 4) is 0 Å². The Kier molecular flexibility index (Phi) is 5.63. The third kappa shape index (κ3) is 5.31. The first-order chi connectivity index (χ1) is 7.99. The van der Waals surface area contributed by atoms with E-state index in [1.54, 1.807) is 12.1 Å². The third-order valence-corrected chi connectivity index (χ3v) is 2.94. The van der Waals surface area contributed by atoms with E-state index in [0.717, 1.165) is 30.6 Å². The summed E-state index contributed by atoms with van der Waals surface area (Å²) in [6.45, 7) is 10.5. The molecule has 0 aliphatic heterocycles. The molecule has 0 fully saturated rings. The van der Waals surface area contributed by atoms with Gasteiger partial charge in [0.1, 0.15) is 5.82 Å². The van der Waals surface area contributed by atoms with E-state index in [-0.39, 0.29) is 5.82 Å². The molecule has 0 saturated heterocycles. The standard InChI is InChI=1S/C15H24FN/c1-11(2)10-17-6-5-13(4)14-7-12(3)8-15(16)9-14/h7-9,11,13,17H,5-6,10H2,1-4H3. The third-order valence-electron chi connectivity index (χ3n) is 2.94. The van der Waals surface area contributed by atoms with Crippen LogP contribution < -0.4 is 5.32 Å². The van der Waals surface area contributed by atoms with E-state index in [9.17, 15) is 4.39 Å². The minimum Gasteiger partial charge on any atom is -0.316 e. The van der Waals surface area contributed by atoms with Gasteiger partial charge < -0.3 is 5.32 Å². The molecule has 1 unspecified atom stereocenters. The van der Waals surface area contributed by atoms with E-state index in [0.29, 0.717) is 11.8 Å². The summed E-state index contributed by atoms with van der Waals surface area (Å²) in [4.78, 5) is 0. The van der Waals surface area contributed by atoms with Crippen molar-refractivity contribution >= 4 is 0 Å². The quantitative estimate of drug-likeness (QED) is 0.740. The summed E-state index contributed by atoms with van der Waals surface area (Å²) < 4.78 is 13.3. The van der Waals surface area contributed by atoms with Crippen LogP contribution in [0.1, 0.15) is 44.2 Å². The predicted molar refractivity (Wildman–Crippen MR) is 71.9 cm³/mol. The maximum atomic E-state index is 13.3. The molecule has 0 aromatic heterocycles. The molecule has 1 nitrogen and oxygen atoms in total. The van der Waals surface area contributed by atoms with Gasteiger partial charge in [0.2, 0.25) is 0 Å². The number of halogens is 1. The monoisotopic (exact) mass is 237 g/mol. The maximum Gasteiger partial charge on any atom is 0.123 e. The normalized spacial score (nSPS) is 13.1. The van der Waals surface area contributed by atoms with Crippen molar-refractivity contribution in [3.05, 3.63) is 35.1 Å². The summed E-state index contributed by atoms with van der Waals surface area (Å²) >= 11 is 0. The fourth-order valence-corrected chi connectivity index (χ4v) is 1.93. The van der Waals surface area contributed by atoms with Gasteiger partial charge in [-0.2, -0.15) is 0 Å². The molecule has 1 atom stereocenters. The van der Waals surface area contributed by atoms with Crippen LogP contribution in [-0.2, 0) is 0 Å². The molecule has 17 heavy (non-hydrogen) atoms. The molecule has 0 heterocycles. The summed E-state index contributed by atoms with van der Waals surface area (Å²) in [6.07, 6.45) is 1.05. The summed E-state index contributed by atoms with van der Waals surface area (Å²) in [5, 5.41) is 3.42. The van der Waals surface area contributed by atoms with Gasteiger partial charge in [-0.25, -0.2) is 4.39 Å². The number of hydrogen-bond donors (Lipinski definition) is 1. The van der Waals surface area contributed by atoms with Crippen LogP contribution in [0.3, 0.4) is 0 Å². The van der Waals surface area contributed by atoms with Crippen molar-refractivity contribution in [2.75, 3.05) is 13.1 Å². The smallest absolute Gasteiger partial charge is 0.123 e. The van der Waals surface area contributed by atoms with E-state index >= 15 is 0 Å². The van der Waals surface area contributed by atoms with E-state index < -0.39 is 0 Å². The van der Waals surface area contributed by atoms with Gasteiger partial charge in [0.05, 0.1) is 0 Å². The van der Waals surface area contributed by atoms with Crippen molar-refractivity contribution in [2.45, 2.75) is 40.0 Å². The lowest BCUT2D eigenvalue weighted by molar-refractivity contribution is 0.523. The molecule has 0 aliphatic rings. The predicted octanol–water partition coefficient (Wildman–Crippen LogP) is 3.87. The highest BCUT2D eigenvalue weighted by Gasteiger charge is 2.07. The molecule has 0 saturated carbocycles. The Bertz CT molecular complexity index is 327. The zero-order valence-electron chi connectivity index (χ0n) is 11.4. The van der Waals surface area contributed by atoms with E-state index in [1.165, 1.54) is 0 Å². The lowest BCUT2D eigenvalue weighted by Gasteiger charge is -2.14. The summed E-state index contributed by atoms with van der Waals surface area (Å²) in [7, 11) is 0. The highest BCUT2D eigenvalue weighted by atomic mass is 19.1. The van der Waals surface area contributed by atoms with Crippen molar-refractivity contribution in [3.63, 3.8) is 0 Å². The van der Waals surface area contributed by atoms with Gasteiger partial charge in [-0.05, 0) is 61.5 Å². The van der Waals surface area contributed by atoms with Crippen LogP contribution in [0, 0.1) is 18.7 Å². The molecule has 0 amide bonds. The largest absolute Gasteiger partial charge is 0.316 e. The minimum atomic E-state index is -0.123. The number of hydrogen-bond acceptors (Lipinski definition) is 1. The van der Waals surface area contributed by atoms with Gasteiger partial charge in [0.25, 0.3) is 0 Å². The van der Waals surface area contributed by atoms with Crippen molar-refractivity contribution < 1.29 is 4.39 Å². The zero-order valence-corrected chi connectivity index (χ0v) is 11.4. The first kappa shape index (κ1) is 14.2. The van der Waals surface area contributed by atoms with Crippen LogP contribution in [0.5, 0.6) is 0 Å². The zero-order chi connectivity index (χ0) is 12.8. The molecule has 0 spiro atoms. The van der Waals surface area contributed by atoms with E-state index in [1.807, 2.05) is 6.92 Å². The van der Waals surface area contributed by atoms with Crippen LogP contribution in [0.2, 0.25) is 0 Å². The highest BCUT2D eigenvalue weighted by Crippen LogP contribution is 2.20. The van der Waals surface area contributed by atoms with Crippen molar-refractivity contribution in [2.24, 2.45) is 5.92 Å². The van der Waals surface area contributed by atoms with Gasteiger partial charge in [-0.15, -0.1) is 0 Å². The molecule has 1 aromatic carbocycles. The summed E-state index contributed by atoms with van der Waals surface area (Å²) in [6, 6.07) is 5.31. The Hall–Kier alpha value is -0.890. The first-order valence-corrected chi connectivity index (χ1v) is 6.47. The van der Waals surface area contributed by atoms with Crippen LogP contribution in [0.15, 0.2) is 18.2 Å². The number of nitrogens with one attached hydrogen (secondary N) is 1. The minimum absolute atomic E-state index is 0.123. The second kappa shape index (κ2) is 6.75. The summed E-state index contributed by atoms with van der Waals surface area (Å²) in [5.74, 6) is 0.966. The van der Waals surface area contributed by atoms with Crippen LogP contribution in [0.4, 0.5) is 4.39 Å². The Morgan fingerprint density at radius 3 is 2.47 bits per heavy atom. The van der Waals surface area contributed by atoms with Crippen LogP contribution in [-0.4, -0.2) is 13.1 Å². The summed E-state index contributed by atoms with van der Waals surface area (Å²) in [5.41, 5.74) is 2.11. The molecule has 0 radical (unpaired) electrons. The molecule has 1 aromatic rings. The van der Waals surface area contributed by atoms with Crippen molar-refractivity contribution in [1.82, 2.24) is 5.32 Å². The van der Waals surface area contributed by atoms with Crippen LogP contribution in [0.25, 0.3) is 0 Å². The van der Waals surface area contributed by atoms with Gasteiger partial charge in [-0.3, -0.25) is 0 Å². The lowest BCUT2D eigenvalue weighted by atomic mass is 9.96.